The van der Waals surface area contributed by atoms with Crippen molar-refractivity contribution in [2.75, 3.05) is 74.4 Å². The number of carbonyl (C=O) groups is 1. The number of hydrogen-bond donors (Lipinski definition) is 1. The van der Waals surface area contributed by atoms with Crippen LogP contribution in [0.25, 0.3) is 0 Å². The highest BCUT2D eigenvalue weighted by Crippen LogP contribution is 2.03. The van der Waals surface area contributed by atoms with Crippen LogP contribution in [0.2, 0.25) is 0 Å². The van der Waals surface area contributed by atoms with E-state index in [9.17, 15) is 4.79 Å². The van der Waals surface area contributed by atoms with Crippen molar-refractivity contribution < 1.29 is 23.5 Å². The second kappa shape index (κ2) is 11.2. The lowest BCUT2D eigenvalue weighted by atomic mass is 10.4. The van der Waals surface area contributed by atoms with Crippen LogP contribution < -0.4 is 5.32 Å². The van der Waals surface area contributed by atoms with Crippen LogP contribution in [0.1, 0.15) is 10.5 Å². The van der Waals surface area contributed by atoms with Crippen LogP contribution in [0, 0.1) is 0 Å². The lowest BCUT2D eigenvalue weighted by Gasteiger charge is -2.18. The topological polar surface area (TPSA) is 87.5 Å². The van der Waals surface area contributed by atoms with Gasteiger partial charge in [-0.15, -0.1) is 5.10 Å². The number of carbonyl (C=O) groups excluding carboxylic acids is 1. The van der Waals surface area contributed by atoms with Gasteiger partial charge in [0.2, 0.25) is 5.69 Å². The van der Waals surface area contributed by atoms with Gasteiger partial charge in [-0.05, 0) is 7.05 Å². The number of quaternary nitrogens is 1. The van der Waals surface area contributed by atoms with E-state index in [2.05, 4.69) is 15.6 Å². The first-order valence-electron chi connectivity index (χ1n) is 8.09. The molecule has 0 atom stereocenters. The fraction of sp³-hybridized carbons (Fsp3) is 0.800. The monoisotopic (exact) mass is 344 g/mol. The summed E-state index contributed by atoms with van der Waals surface area (Å²) in [5.41, 5.74) is 0.365. The quantitative estimate of drug-likeness (QED) is 0.377. The highest BCUT2D eigenvalue weighted by atomic mass is 16.5. The van der Waals surface area contributed by atoms with Crippen molar-refractivity contribution in [2.24, 2.45) is 0 Å². The Bertz CT molecular complexity index is 473. The molecule has 9 heteroatoms. The van der Waals surface area contributed by atoms with E-state index < -0.39 is 0 Å². The van der Waals surface area contributed by atoms with Gasteiger partial charge < -0.3 is 19.5 Å². The van der Waals surface area contributed by atoms with E-state index in [-0.39, 0.29) is 10.4 Å². The summed E-state index contributed by atoms with van der Waals surface area (Å²) in [6.45, 7) is 4.75. The number of likely N-dealkylation sites (N-methyl/N-ethyl adjacent to an activating group) is 1. The molecule has 1 rings (SSSR count). The third-order valence-electron chi connectivity index (χ3n) is 3.07. The summed E-state index contributed by atoms with van der Waals surface area (Å²) >= 11 is 0. The molecule has 138 valence electrons. The molecule has 0 saturated heterocycles. The zero-order chi connectivity index (χ0) is 17.8. The van der Waals surface area contributed by atoms with Crippen LogP contribution in [-0.4, -0.2) is 99.8 Å². The van der Waals surface area contributed by atoms with Crippen LogP contribution in [0.4, 0.5) is 0 Å². The molecule has 9 nitrogen and oxygen atoms in total. The molecule has 0 spiro atoms. The zero-order valence-electron chi connectivity index (χ0n) is 15.2. The van der Waals surface area contributed by atoms with E-state index in [4.69, 9.17) is 14.2 Å². The van der Waals surface area contributed by atoms with Crippen molar-refractivity contribution >= 4 is 5.91 Å². The van der Waals surface area contributed by atoms with E-state index in [0.717, 1.165) is 6.54 Å². The summed E-state index contributed by atoms with van der Waals surface area (Å²) < 4.78 is 18.0. The lowest BCUT2D eigenvalue weighted by Crippen LogP contribution is -2.41. The maximum atomic E-state index is 12.0. The Hall–Kier alpha value is -1.39. The van der Waals surface area contributed by atoms with Crippen molar-refractivity contribution in [1.82, 2.24) is 20.3 Å². The Morgan fingerprint density at radius 2 is 1.67 bits per heavy atom. The maximum absolute atomic E-state index is 12.0. The third-order valence-corrected chi connectivity index (χ3v) is 3.07. The van der Waals surface area contributed by atoms with Crippen LogP contribution in [0.15, 0.2) is 6.20 Å². The van der Waals surface area contributed by atoms with Gasteiger partial charge in [-0.3, -0.25) is 4.48 Å². The minimum Gasteiger partial charge on any atom is -0.378 e. The van der Waals surface area contributed by atoms with Crippen LogP contribution >= 0.6 is 0 Å². The number of rotatable bonds is 13. The van der Waals surface area contributed by atoms with Gasteiger partial charge in [0.25, 0.3) is 0 Å². The van der Waals surface area contributed by atoms with Gasteiger partial charge >= 0.3 is 5.91 Å². The number of hydrogen-bond acceptors (Lipinski definition) is 7. The van der Waals surface area contributed by atoms with E-state index >= 15 is 0 Å². The highest BCUT2D eigenvalue weighted by Gasteiger charge is 2.25. The number of aromatic nitrogens is 3. The van der Waals surface area contributed by atoms with E-state index in [1.54, 1.807) is 32.0 Å². The molecule has 0 bridgehead atoms. The second-order valence-electron chi connectivity index (χ2n) is 6.13. The van der Waals surface area contributed by atoms with Gasteiger partial charge in [-0.2, -0.15) is 0 Å². The lowest BCUT2D eigenvalue weighted by molar-refractivity contribution is -0.785. The standard InChI is InChI=1S/C15H30N5O4/c1-16-5-7-22-9-11-24-12-10-23-8-6-19-13-14(17-18-19)15(21)20(2,3)4/h13,16H,5-12H2,1-4H3/q+1. The summed E-state index contributed by atoms with van der Waals surface area (Å²) in [5, 5.41) is 10.8. The van der Waals surface area contributed by atoms with Gasteiger partial charge in [0, 0.05) is 6.54 Å². The molecule has 0 unspecified atom stereocenters. The second-order valence-corrected chi connectivity index (χ2v) is 6.13. The predicted molar refractivity (Wildman–Crippen MR) is 88.8 cm³/mol. The highest BCUT2D eigenvalue weighted by molar-refractivity contribution is 5.85. The van der Waals surface area contributed by atoms with Crippen LogP contribution in [0.3, 0.4) is 0 Å². The third kappa shape index (κ3) is 8.46. The molecular weight excluding hydrogens is 314 g/mol. The Labute approximate surface area is 143 Å². The molecular formula is C15H30N5O4+. The van der Waals surface area contributed by atoms with E-state index in [0.29, 0.717) is 51.9 Å². The molecule has 0 saturated carbocycles. The number of nitrogens with one attached hydrogen (secondary N) is 1. The van der Waals surface area contributed by atoms with Gasteiger partial charge in [0.1, 0.15) is 0 Å². The molecule has 24 heavy (non-hydrogen) atoms. The van der Waals surface area contributed by atoms with Gasteiger partial charge in [0.15, 0.2) is 0 Å². The van der Waals surface area contributed by atoms with E-state index in [1.165, 1.54) is 0 Å². The fourth-order valence-corrected chi connectivity index (χ4v) is 1.72. The molecule has 0 aliphatic heterocycles. The molecule has 1 N–H and O–H groups in total. The molecule has 0 fully saturated rings. The summed E-state index contributed by atoms with van der Waals surface area (Å²) in [7, 11) is 7.29. The SMILES string of the molecule is CNCCOCCOCCOCCn1cc(C(=O)[N+](C)(C)C)nn1. The molecule has 0 aromatic carbocycles. The van der Waals surface area contributed by atoms with Gasteiger partial charge in [-0.25, -0.2) is 9.48 Å². The summed E-state index contributed by atoms with van der Waals surface area (Å²) in [5.74, 6) is -0.0764. The number of amides is 1. The Morgan fingerprint density at radius 1 is 1.08 bits per heavy atom. The average molecular weight is 344 g/mol. The molecule has 0 radical (unpaired) electrons. The fourth-order valence-electron chi connectivity index (χ4n) is 1.72. The number of ether oxygens (including phenoxy) is 3. The summed E-state index contributed by atoms with van der Waals surface area (Å²) in [6, 6.07) is 0. The maximum Gasteiger partial charge on any atom is 0.367 e. The Kier molecular flexibility index (Phi) is 9.65. The van der Waals surface area contributed by atoms with Crippen LogP contribution in [-0.2, 0) is 20.8 Å². The first-order valence-corrected chi connectivity index (χ1v) is 8.09. The smallest absolute Gasteiger partial charge is 0.367 e. The largest absolute Gasteiger partial charge is 0.378 e. The molecule has 1 aromatic rings. The first-order chi connectivity index (χ1) is 11.4. The minimum absolute atomic E-state index is 0.0764. The molecule has 0 aliphatic rings. The van der Waals surface area contributed by atoms with Crippen molar-refractivity contribution in [3.05, 3.63) is 11.9 Å². The van der Waals surface area contributed by atoms with Gasteiger partial charge in [0.05, 0.1) is 73.5 Å². The number of nitrogens with zero attached hydrogens (tertiary/aromatic N) is 4. The van der Waals surface area contributed by atoms with Gasteiger partial charge in [-0.1, -0.05) is 5.21 Å². The van der Waals surface area contributed by atoms with E-state index in [1.807, 2.05) is 7.05 Å². The summed E-state index contributed by atoms with van der Waals surface area (Å²) in [6.07, 6.45) is 1.65. The van der Waals surface area contributed by atoms with Crippen molar-refractivity contribution in [3.8, 4) is 0 Å². The molecule has 1 aromatic heterocycles. The zero-order valence-corrected chi connectivity index (χ0v) is 15.2. The normalized spacial score (nSPS) is 11.8. The molecule has 1 amide bonds. The van der Waals surface area contributed by atoms with Crippen molar-refractivity contribution in [3.63, 3.8) is 0 Å². The van der Waals surface area contributed by atoms with Crippen LogP contribution in [0.5, 0.6) is 0 Å². The summed E-state index contributed by atoms with van der Waals surface area (Å²) in [4.78, 5) is 12.0. The molecule has 1 heterocycles. The predicted octanol–water partition coefficient (Wildman–Crippen LogP) is -0.606. The molecule has 0 aliphatic carbocycles. The first kappa shape index (κ1) is 20.7. The Balaban J connectivity index is 2.04. The Morgan fingerprint density at radius 3 is 2.25 bits per heavy atom. The van der Waals surface area contributed by atoms with Crippen molar-refractivity contribution in [1.29, 1.82) is 0 Å². The minimum atomic E-state index is -0.0764. The van der Waals surface area contributed by atoms with Crippen molar-refractivity contribution in [2.45, 2.75) is 6.54 Å². The average Bonchev–Trinajstić information content (AvgIpc) is 2.99.